The van der Waals surface area contributed by atoms with Gasteiger partial charge >= 0.3 is 0 Å². The van der Waals surface area contributed by atoms with Gasteiger partial charge in [0.05, 0.1) is 5.69 Å². The Labute approximate surface area is 196 Å². The first-order valence-corrected chi connectivity index (χ1v) is 12.1. The number of anilines is 1. The molecule has 156 valence electrons. The van der Waals surface area contributed by atoms with Crippen LogP contribution in [0, 0.1) is 0 Å². The van der Waals surface area contributed by atoms with Crippen molar-refractivity contribution in [2.24, 2.45) is 0 Å². The van der Waals surface area contributed by atoms with Crippen LogP contribution in [0.4, 0.5) is 5.69 Å². The van der Waals surface area contributed by atoms with E-state index in [0.29, 0.717) is 6.42 Å². The second-order valence-corrected chi connectivity index (χ2v) is 8.94. The van der Waals surface area contributed by atoms with Gasteiger partial charge in [0.25, 0.3) is 5.91 Å². The van der Waals surface area contributed by atoms with Gasteiger partial charge in [-0.2, -0.15) is 0 Å². The maximum atomic E-state index is 12.0. The molecule has 1 heterocycles. The Morgan fingerprint density at radius 2 is 1.32 bits per heavy atom. The third-order valence-electron chi connectivity index (χ3n) is 5.61. The lowest BCUT2D eigenvalue weighted by atomic mass is 10.1. The van der Waals surface area contributed by atoms with Gasteiger partial charge in [-0.3, -0.25) is 9.59 Å². The van der Waals surface area contributed by atoms with Crippen molar-refractivity contribution >= 4 is 61.5 Å². The maximum Gasteiger partial charge on any atom is 0.258 e. The number of carbonyl (C=O) groups excluding carboxylic acids is 2. The van der Waals surface area contributed by atoms with Crippen LogP contribution in [-0.2, 0) is 6.42 Å². The molecule has 4 aromatic rings. The highest BCUT2D eigenvalue weighted by Gasteiger charge is 2.27. The minimum absolute atomic E-state index is 0.129. The summed E-state index contributed by atoms with van der Waals surface area (Å²) in [6.45, 7) is 4.84. The second-order valence-electron chi connectivity index (χ2n) is 7.42. The Morgan fingerprint density at radius 3 is 1.97 bits per heavy atom. The van der Waals surface area contributed by atoms with Crippen LogP contribution in [0.5, 0.6) is 0 Å². The Hall–Kier alpha value is -2.73. The van der Waals surface area contributed by atoms with Crippen LogP contribution in [0.3, 0.4) is 0 Å². The summed E-state index contributed by atoms with van der Waals surface area (Å²) in [5, 5.41) is 4.59. The molecule has 4 heteroatoms. The van der Waals surface area contributed by atoms with E-state index in [1.807, 2.05) is 60.4 Å². The SMILES string of the molecule is CCI.CCN1C(=O)c2cccc3cccc1c23.O=C1Cc2cccc3cccc1c23. The topological polar surface area (TPSA) is 37.4 Å². The van der Waals surface area contributed by atoms with Gasteiger partial charge in [-0.25, -0.2) is 0 Å². The van der Waals surface area contributed by atoms with Crippen LogP contribution < -0.4 is 4.90 Å². The zero-order chi connectivity index (χ0) is 22.0. The van der Waals surface area contributed by atoms with Crippen LogP contribution in [0.2, 0.25) is 0 Å². The normalized spacial score (nSPS) is 13.2. The van der Waals surface area contributed by atoms with Crippen LogP contribution in [0.25, 0.3) is 21.5 Å². The first kappa shape index (κ1) is 21.5. The summed E-state index contributed by atoms with van der Waals surface area (Å²) in [6.07, 6.45) is 0.580. The molecule has 1 amide bonds. The molecule has 4 aromatic carbocycles. The lowest BCUT2D eigenvalue weighted by molar-refractivity contribution is 0.0988. The van der Waals surface area contributed by atoms with Crippen molar-refractivity contribution in [3.8, 4) is 0 Å². The summed E-state index contributed by atoms with van der Waals surface area (Å²) >= 11 is 2.29. The fourth-order valence-corrected chi connectivity index (χ4v) is 4.36. The fraction of sp³-hybridized carbons (Fsp3) is 0.185. The molecular weight excluding hydrogens is 497 g/mol. The number of benzene rings is 4. The minimum Gasteiger partial charge on any atom is -0.308 e. The van der Waals surface area contributed by atoms with Crippen LogP contribution in [0.1, 0.15) is 40.1 Å². The van der Waals surface area contributed by atoms with Crippen molar-refractivity contribution in [1.82, 2.24) is 0 Å². The molecule has 0 radical (unpaired) electrons. The van der Waals surface area contributed by atoms with E-state index in [-0.39, 0.29) is 11.7 Å². The molecule has 0 fully saturated rings. The van der Waals surface area contributed by atoms with E-state index in [2.05, 4.69) is 53.8 Å². The number of Topliss-reactive ketones (excluding diaryl/α,β-unsaturated/α-hetero) is 1. The highest BCUT2D eigenvalue weighted by atomic mass is 127. The Bertz CT molecular complexity index is 1280. The van der Waals surface area contributed by atoms with Crippen LogP contribution in [-0.4, -0.2) is 22.7 Å². The van der Waals surface area contributed by atoms with Gasteiger partial charge in [0.15, 0.2) is 5.78 Å². The average molecular weight is 521 g/mol. The second kappa shape index (κ2) is 9.18. The largest absolute Gasteiger partial charge is 0.308 e. The highest BCUT2D eigenvalue weighted by Crippen LogP contribution is 2.36. The van der Waals surface area contributed by atoms with Crippen molar-refractivity contribution < 1.29 is 9.59 Å². The summed E-state index contributed by atoms with van der Waals surface area (Å²) in [6, 6.07) is 24.0. The zero-order valence-corrected chi connectivity index (χ0v) is 19.8. The first-order chi connectivity index (χ1) is 15.1. The summed E-state index contributed by atoms with van der Waals surface area (Å²) in [5.41, 5.74) is 3.96. The molecule has 0 atom stereocenters. The van der Waals surface area contributed by atoms with Crippen LogP contribution in [0.15, 0.2) is 72.8 Å². The number of alkyl halides is 1. The van der Waals surface area contributed by atoms with E-state index < -0.39 is 0 Å². The molecule has 0 saturated carbocycles. The van der Waals surface area contributed by atoms with E-state index in [1.165, 1.54) is 15.4 Å². The Morgan fingerprint density at radius 1 is 0.774 bits per heavy atom. The van der Waals surface area contributed by atoms with Crippen molar-refractivity contribution in [2.75, 3.05) is 15.9 Å². The summed E-state index contributed by atoms with van der Waals surface area (Å²) < 4.78 is 1.22. The van der Waals surface area contributed by atoms with Gasteiger partial charge in [0.2, 0.25) is 0 Å². The monoisotopic (exact) mass is 521 g/mol. The molecule has 1 aliphatic heterocycles. The number of hydrogen-bond acceptors (Lipinski definition) is 2. The molecule has 3 nitrogen and oxygen atoms in total. The van der Waals surface area contributed by atoms with E-state index >= 15 is 0 Å². The first-order valence-electron chi connectivity index (χ1n) is 10.5. The van der Waals surface area contributed by atoms with Gasteiger partial charge < -0.3 is 4.90 Å². The molecule has 1 aliphatic carbocycles. The molecule has 0 aromatic heterocycles. The molecule has 0 bridgehead atoms. The van der Waals surface area contributed by atoms with E-state index in [4.69, 9.17) is 0 Å². The number of carbonyl (C=O) groups is 2. The molecule has 6 rings (SSSR count). The minimum atomic E-state index is 0.129. The average Bonchev–Trinajstić information content (AvgIpc) is 3.26. The third-order valence-corrected chi connectivity index (χ3v) is 5.61. The predicted molar refractivity (Wildman–Crippen MR) is 138 cm³/mol. The molecule has 0 unspecified atom stereocenters. The number of amides is 1. The molecule has 0 saturated heterocycles. The Kier molecular flexibility index (Phi) is 6.37. The maximum absolute atomic E-state index is 12.0. The fourth-order valence-electron chi connectivity index (χ4n) is 4.36. The van der Waals surface area contributed by atoms with Crippen molar-refractivity contribution in [3.63, 3.8) is 0 Å². The van der Waals surface area contributed by atoms with Gasteiger partial charge in [0, 0.05) is 29.5 Å². The number of halogens is 1. The van der Waals surface area contributed by atoms with Crippen LogP contribution >= 0.6 is 22.6 Å². The number of hydrogen-bond donors (Lipinski definition) is 0. The molecule has 0 N–H and O–H groups in total. The third kappa shape index (κ3) is 3.85. The van der Waals surface area contributed by atoms with Gasteiger partial charge in [-0.05, 0) is 45.2 Å². The summed E-state index contributed by atoms with van der Waals surface area (Å²) in [5.74, 6) is 0.385. The lowest BCUT2D eigenvalue weighted by Crippen LogP contribution is -2.25. The van der Waals surface area contributed by atoms with Crippen molar-refractivity contribution in [2.45, 2.75) is 20.3 Å². The smallest absolute Gasteiger partial charge is 0.258 e. The molecular formula is C27H24INO2. The summed E-state index contributed by atoms with van der Waals surface area (Å²) in [7, 11) is 0. The van der Waals surface area contributed by atoms with Crippen molar-refractivity contribution in [3.05, 3.63) is 89.5 Å². The molecule has 0 spiro atoms. The van der Waals surface area contributed by atoms with Gasteiger partial charge in [-0.15, -0.1) is 0 Å². The zero-order valence-electron chi connectivity index (χ0n) is 17.7. The molecule has 2 aliphatic rings. The highest BCUT2D eigenvalue weighted by molar-refractivity contribution is 14.1. The summed E-state index contributed by atoms with van der Waals surface area (Å²) in [4.78, 5) is 25.4. The van der Waals surface area contributed by atoms with Gasteiger partial charge in [0.1, 0.15) is 0 Å². The standard InChI is InChI=1S/C13H11NO.C12H8O.C2H5I/c1-2-14-11-8-4-6-9-5-3-7-10(12(9)11)13(14)15;13-11-7-9-5-1-3-8-4-2-6-10(11)12(8)9;1-2-3/h3-8H,2H2,1H3;1-6H,7H2;2H2,1H3. The number of rotatable bonds is 1. The van der Waals surface area contributed by atoms with Gasteiger partial charge in [-0.1, -0.05) is 90.2 Å². The predicted octanol–water partition coefficient (Wildman–Crippen LogP) is 6.84. The lowest BCUT2D eigenvalue weighted by Gasteiger charge is -2.14. The van der Waals surface area contributed by atoms with E-state index in [1.54, 1.807) is 0 Å². The number of ketones is 1. The quantitative estimate of drug-likeness (QED) is 0.203. The van der Waals surface area contributed by atoms with Crippen molar-refractivity contribution in [1.29, 1.82) is 0 Å². The molecule has 31 heavy (non-hydrogen) atoms. The van der Waals surface area contributed by atoms with E-state index in [0.717, 1.165) is 39.5 Å². The van der Waals surface area contributed by atoms with E-state index in [9.17, 15) is 9.59 Å². The Balaban J connectivity index is 0.000000134. The number of nitrogens with zero attached hydrogens (tertiary/aromatic N) is 1.